The molecule has 0 atom stereocenters. The number of anilines is 1. The van der Waals surface area contributed by atoms with Crippen LogP contribution in [0.1, 0.15) is 31.7 Å². The van der Waals surface area contributed by atoms with Crippen molar-refractivity contribution in [3.05, 3.63) is 23.8 Å². The molecule has 0 saturated carbocycles. The van der Waals surface area contributed by atoms with Crippen LogP contribution in [0.3, 0.4) is 0 Å². The highest BCUT2D eigenvalue weighted by molar-refractivity contribution is 5.94. The zero-order valence-electron chi connectivity index (χ0n) is 16.3. The second-order valence-electron chi connectivity index (χ2n) is 6.83. The van der Waals surface area contributed by atoms with Crippen LogP contribution in [0.4, 0.5) is 5.69 Å². The summed E-state index contributed by atoms with van der Waals surface area (Å²) in [6, 6.07) is 5.83. The molecule has 7 nitrogen and oxygen atoms in total. The largest absolute Gasteiger partial charge is 0.492 e. The first-order chi connectivity index (χ1) is 13.2. The Labute approximate surface area is 161 Å². The summed E-state index contributed by atoms with van der Waals surface area (Å²) in [5, 5.41) is 6.26. The zero-order chi connectivity index (χ0) is 19.1. The second kappa shape index (κ2) is 9.60. The maximum Gasteiger partial charge on any atom is 0.224 e. The summed E-state index contributed by atoms with van der Waals surface area (Å²) in [4.78, 5) is 18.1. The van der Waals surface area contributed by atoms with Crippen LogP contribution in [-0.2, 0) is 16.0 Å². The molecule has 2 N–H and O–H groups in total. The topological polar surface area (TPSA) is 75.2 Å². The lowest BCUT2D eigenvalue weighted by molar-refractivity contribution is -0.116. The lowest BCUT2D eigenvalue weighted by Crippen LogP contribution is -2.47. The molecule has 148 valence electrons. The third-order valence-corrected chi connectivity index (χ3v) is 4.98. The van der Waals surface area contributed by atoms with Crippen molar-refractivity contribution in [3.63, 3.8) is 0 Å². The summed E-state index contributed by atoms with van der Waals surface area (Å²) in [5.41, 5.74) is 2.03. The van der Waals surface area contributed by atoms with Crippen LogP contribution >= 0.6 is 0 Å². The fraction of sp³-hybridized carbons (Fsp3) is 0.600. The van der Waals surface area contributed by atoms with E-state index in [1.54, 1.807) is 0 Å². The van der Waals surface area contributed by atoms with Crippen LogP contribution in [0.2, 0.25) is 0 Å². The summed E-state index contributed by atoms with van der Waals surface area (Å²) in [5.74, 6) is 1.83. The van der Waals surface area contributed by atoms with Gasteiger partial charge in [-0.25, -0.2) is 0 Å². The Balaban J connectivity index is 1.41. The summed E-state index contributed by atoms with van der Waals surface area (Å²) < 4.78 is 11.6. The minimum atomic E-state index is 0.0806. The molecule has 0 bridgehead atoms. The van der Waals surface area contributed by atoms with Crippen molar-refractivity contribution < 1.29 is 14.3 Å². The van der Waals surface area contributed by atoms with Crippen molar-refractivity contribution in [1.82, 2.24) is 10.2 Å². The smallest absolute Gasteiger partial charge is 0.224 e. The molecule has 1 aromatic rings. The summed E-state index contributed by atoms with van der Waals surface area (Å²) >= 11 is 0. The van der Waals surface area contributed by atoms with Gasteiger partial charge in [-0.05, 0) is 49.9 Å². The van der Waals surface area contributed by atoms with Gasteiger partial charge in [0.05, 0.1) is 12.6 Å². The molecule has 1 saturated heterocycles. The number of nitrogens with one attached hydrogen (secondary N) is 2. The molecule has 2 heterocycles. The highest BCUT2D eigenvalue weighted by Crippen LogP contribution is 2.26. The number of carbonyl (C=O) groups excluding carboxylic acids is 1. The van der Waals surface area contributed by atoms with Gasteiger partial charge in [0.15, 0.2) is 5.96 Å². The molecule has 1 fully saturated rings. The summed E-state index contributed by atoms with van der Waals surface area (Å²) in [6.07, 6.45) is 3.75. The number of hydrogen-bond donors (Lipinski definition) is 2. The lowest BCUT2D eigenvalue weighted by Gasteiger charge is -2.34. The third-order valence-electron chi connectivity index (χ3n) is 4.98. The van der Waals surface area contributed by atoms with Crippen LogP contribution in [0, 0.1) is 0 Å². The van der Waals surface area contributed by atoms with E-state index < -0.39 is 0 Å². The number of piperidine rings is 1. The molecule has 1 amide bonds. The minimum Gasteiger partial charge on any atom is -0.492 e. The molecule has 0 aromatic heterocycles. The standard InChI is InChI=1S/C20H30N4O3/c1-3-26-16-8-11-24(12-9-16)20(21-2)22-10-13-27-17-5-6-18-15(14-17)4-7-19(25)23-18/h5-6,14,16H,3-4,7-13H2,1-2H3,(H,21,22)(H,23,25). The van der Waals surface area contributed by atoms with Crippen molar-refractivity contribution >= 4 is 17.6 Å². The van der Waals surface area contributed by atoms with Crippen molar-refractivity contribution in [2.24, 2.45) is 4.99 Å². The van der Waals surface area contributed by atoms with Crippen LogP contribution in [-0.4, -0.2) is 62.8 Å². The van der Waals surface area contributed by atoms with Crippen molar-refractivity contribution in [1.29, 1.82) is 0 Å². The number of hydrogen-bond acceptors (Lipinski definition) is 4. The van der Waals surface area contributed by atoms with Crippen LogP contribution in [0.25, 0.3) is 0 Å². The molecular formula is C20H30N4O3. The van der Waals surface area contributed by atoms with E-state index in [2.05, 4.69) is 20.5 Å². The number of benzene rings is 1. The van der Waals surface area contributed by atoms with Crippen LogP contribution in [0.5, 0.6) is 5.75 Å². The molecule has 7 heteroatoms. The van der Waals surface area contributed by atoms with Gasteiger partial charge in [-0.15, -0.1) is 0 Å². The van der Waals surface area contributed by atoms with Gasteiger partial charge >= 0.3 is 0 Å². The second-order valence-corrected chi connectivity index (χ2v) is 6.83. The van der Waals surface area contributed by atoms with Crippen LogP contribution in [0.15, 0.2) is 23.2 Å². The first-order valence-corrected chi connectivity index (χ1v) is 9.82. The minimum absolute atomic E-state index is 0.0806. The first-order valence-electron chi connectivity index (χ1n) is 9.82. The quantitative estimate of drug-likeness (QED) is 0.453. The van der Waals surface area contributed by atoms with Crippen molar-refractivity contribution in [2.75, 3.05) is 45.2 Å². The Kier molecular flexibility index (Phi) is 6.92. The Morgan fingerprint density at radius 3 is 2.89 bits per heavy atom. The summed E-state index contributed by atoms with van der Waals surface area (Å²) in [6.45, 7) is 5.99. The molecule has 0 aliphatic carbocycles. The number of aliphatic imine (C=N–C) groups is 1. The maximum atomic E-state index is 11.4. The Morgan fingerprint density at radius 2 is 2.15 bits per heavy atom. The van der Waals surface area contributed by atoms with Gasteiger partial charge in [0.25, 0.3) is 0 Å². The van der Waals surface area contributed by atoms with Crippen LogP contribution < -0.4 is 15.4 Å². The van der Waals surface area contributed by atoms with E-state index in [-0.39, 0.29) is 5.91 Å². The fourth-order valence-corrected chi connectivity index (χ4v) is 3.58. The molecule has 0 radical (unpaired) electrons. The number of guanidine groups is 1. The van der Waals surface area contributed by atoms with Gasteiger partial charge in [-0.3, -0.25) is 9.79 Å². The Hall–Kier alpha value is -2.28. The Morgan fingerprint density at radius 1 is 1.33 bits per heavy atom. The number of fused-ring (bicyclic) bond motifs is 1. The highest BCUT2D eigenvalue weighted by Gasteiger charge is 2.21. The molecule has 0 unspecified atom stereocenters. The normalized spacial score (nSPS) is 18.1. The molecule has 3 rings (SSSR count). The first kappa shape index (κ1) is 19.5. The van der Waals surface area contributed by atoms with E-state index in [1.165, 1.54) is 0 Å². The number of aryl methyl sites for hydroxylation is 1. The molecule has 1 aromatic carbocycles. The SMILES string of the molecule is CCOC1CCN(C(=NC)NCCOc2ccc3c(c2)CCC(=O)N3)CC1. The number of amides is 1. The fourth-order valence-electron chi connectivity index (χ4n) is 3.58. The molecule has 2 aliphatic rings. The van der Waals surface area contributed by atoms with E-state index in [0.717, 1.165) is 61.9 Å². The number of ether oxygens (including phenoxy) is 2. The van der Waals surface area contributed by atoms with E-state index in [9.17, 15) is 4.79 Å². The van der Waals surface area contributed by atoms with E-state index >= 15 is 0 Å². The van der Waals surface area contributed by atoms with Crippen molar-refractivity contribution in [2.45, 2.75) is 38.7 Å². The Bertz CT molecular complexity index is 669. The van der Waals surface area contributed by atoms with Gasteiger partial charge in [0, 0.05) is 38.9 Å². The number of nitrogens with zero attached hydrogens (tertiary/aromatic N) is 2. The molecule has 0 spiro atoms. The van der Waals surface area contributed by atoms with Gasteiger partial charge in [0.2, 0.25) is 5.91 Å². The van der Waals surface area contributed by atoms with Gasteiger partial charge in [-0.1, -0.05) is 0 Å². The predicted octanol–water partition coefficient (Wildman–Crippen LogP) is 2.03. The molecular weight excluding hydrogens is 344 g/mol. The van der Waals surface area contributed by atoms with Gasteiger partial charge in [0.1, 0.15) is 12.4 Å². The molecule has 2 aliphatic heterocycles. The maximum absolute atomic E-state index is 11.4. The van der Waals surface area contributed by atoms with Gasteiger partial charge in [-0.2, -0.15) is 0 Å². The number of carbonyl (C=O) groups is 1. The number of rotatable bonds is 6. The number of likely N-dealkylation sites (tertiary alicyclic amines) is 1. The lowest BCUT2D eigenvalue weighted by atomic mass is 10.0. The van der Waals surface area contributed by atoms with Gasteiger partial charge < -0.3 is 25.0 Å². The molecule has 27 heavy (non-hydrogen) atoms. The monoisotopic (exact) mass is 374 g/mol. The van der Waals surface area contributed by atoms with Crippen molar-refractivity contribution in [3.8, 4) is 5.75 Å². The highest BCUT2D eigenvalue weighted by atomic mass is 16.5. The van der Waals surface area contributed by atoms with E-state index in [1.807, 2.05) is 32.2 Å². The average molecular weight is 374 g/mol. The zero-order valence-corrected chi connectivity index (χ0v) is 16.3. The third kappa shape index (κ3) is 5.35. The summed E-state index contributed by atoms with van der Waals surface area (Å²) in [7, 11) is 1.82. The predicted molar refractivity (Wildman–Crippen MR) is 106 cm³/mol. The van der Waals surface area contributed by atoms with E-state index in [4.69, 9.17) is 9.47 Å². The van der Waals surface area contributed by atoms with E-state index in [0.29, 0.717) is 25.7 Å². The average Bonchev–Trinajstić information content (AvgIpc) is 2.69.